The molecule has 0 atom stereocenters. The van der Waals surface area contributed by atoms with Crippen LogP contribution in [-0.4, -0.2) is 11.1 Å². The second-order valence-corrected chi connectivity index (χ2v) is 13.6. The Labute approximate surface area is 119 Å². The van der Waals surface area contributed by atoms with Crippen LogP contribution in [-0.2, 0) is 0 Å². The number of halogens is 3. The van der Waals surface area contributed by atoms with Crippen LogP contribution in [0.3, 0.4) is 0 Å². The van der Waals surface area contributed by atoms with Gasteiger partial charge in [-0.15, -0.1) is 22.2 Å². The summed E-state index contributed by atoms with van der Waals surface area (Å²) in [4.78, 5) is 0. The summed E-state index contributed by atoms with van der Waals surface area (Å²) in [6.07, 6.45) is 10.9. The largest absolute Gasteiger partial charge is 0.248 e. The van der Waals surface area contributed by atoms with E-state index >= 15 is 0 Å². The molecule has 0 radical (unpaired) electrons. The maximum atomic E-state index is 6.03. The number of alkyl halides is 1. The predicted octanol–water partition coefficient (Wildman–Crippen LogP) is 6.09. The van der Waals surface area contributed by atoms with Crippen molar-refractivity contribution in [2.45, 2.75) is 64.0 Å². The van der Waals surface area contributed by atoms with Gasteiger partial charge in [0.1, 0.15) is 0 Å². The summed E-state index contributed by atoms with van der Waals surface area (Å²) < 4.78 is 1.31. The van der Waals surface area contributed by atoms with Gasteiger partial charge in [-0.25, -0.2) is 0 Å². The molecule has 0 N–H and O–H groups in total. The minimum atomic E-state index is -1.80. The second-order valence-electron chi connectivity index (χ2n) is 4.34. The smallest absolute Gasteiger partial charge is 0.146 e. The van der Waals surface area contributed by atoms with E-state index in [1.807, 2.05) is 6.55 Å². The van der Waals surface area contributed by atoms with Gasteiger partial charge in [0, 0.05) is 0 Å². The molecular weight excluding hydrogens is 358 g/mol. The van der Waals surface area contributed by atoms with Gasteiger partial charge >= 0.3 is 0 Å². The maximum Gasteiger partial charge on any atom is 0.248 e. The lowest BCUT2D eigenvalue weighted by atomic mass is 10.1. The average Bonchev–Trinajstić information content (AvgIpc) is 2.14. The monoisotopic (exact) mass is 380 g/mol. The minimum Gasteiger partial charge on any atom is -0.146 e. The molecule has 15 heavy (non-hydrogen) atoms. The van der Waals surface area contributed by atoms with Crippen LogP contribution in [0, 0.1) is 0 Å². The van der Waals surface area contributed by atoms with Gasteiger partial charge in [0.2, 0.25) is 6.69 Å². The molecule has 0 bridgehead atoms. The lowest BCUT2D eigenvalue weighted by Crippen LogP contribution is -2.11. The summed E-state index contributed by atoms with van der Waals surface area (Å²) in [6, 6.07) is 1.06. The van der Waals surface area contributed by atoms with Crippen molar-refractivity contribution in [3.63, 3.8) is 0 Å². The third-order valence-corrected chi connectivity index (χ3v) is 5.63. The van der Waals surface area contributed by atoms with Crippen LogP contribution < -0.4 is 0 Å². The van der Waals surface area contributed by atoms with E-state index in [4.69, 9.17) is 22.2 Å². The van der Waals surface area contributed by atoms with E-state index < -0.39 is 6.69 Å². The molecule has 0 aromatic carbocycles. The van der Waals surface area contributed by atoms with E-state index in [1.165, 1.54) is 55.8 Å². The molecule has 0 aliphatic rings. The van der Waals surface area contributed by atoms with Crippen molar-refractivity contribution < 1.29 is 0 Å². The van der Waals surface area contributed by atoms with Crippen molar-refractivity contribution in [3.05, 3.63) is 0 Å². The Bertz CT molecular complexity index is 137. The van der Waals surface area contributed by atoms with Gasteiger partial charge in [-0.2, -0.15) is 0 Å². The standard InChI is InChI=1S/C11H23Cl2ISi/c1-15(12,13)11-9-7-5-3-2-4-6-8-10-14/h2-11H2,1H3. The highest BCUT2D eigenvalue weighted by Gasteiger charge is 2.19. The molecule has 0 unspecified atom stereocenters. The molecule has 0 nitrogen and oxygen atoms in total. The van der Waals surface area contributed by atoms with Gasteiger partial charge in [0.05, 0.1) is 0 Å². The zero-order chi connectivity index (χ0) is 11.6. The summed E-state index contributed by atoms with van der Waals surface area (Å²) in [7, 11) is 0. The normalized spacial score (nSPS) is 12.0. The summed E-state index contributed by atoms with van der Waals surface area (Å²) in [5, 5.41) is 0. The van der Waals surface area contributed by atoms with E-state index in [2.05, 4.69) is 22.6 Å². The topological polar surface area (TPSA) is 0 Å². The van der Waals surface area contributed by atoms with Crippen LogP contribution in [0.5, 0.6) is 0 Å². The summed E-state index contributed by atoms with van der Waals surface area (Å²) in [5.74, 6) is 0. The molecule has 0 saturated carbocycles. The molecule has 0 spiro atoms. The molecule has 0 fully saturated rings. The van der Waals surface area contributed by atoms with Crippen LogP contribution in [0.1, 0.15) is 51.4 Å². The van der Waals surface area contributed by atoms with Crippen LogP contribution in [0.15, 0.2) is 0 Å². The van der Waals surface area contributed by atoms with Gasteiger partial charge in [-0.05, 0) is 23.4 Å². The molecule has 0 heterocycles. The van der Waals surface area contributed by atoms with E-state index in [1.54, 1.807) is 0 Å². The summed E-state index contributed by atoms with van der Waals surface area (Å²) >= 11 is 14.5. The van der Waals surface area contributed by atoms with E-state index in [9.17, 15) is 0 Å². The molecule has 0 rings (SSSR count). The van der Waals surface area contributed by atoms with Crippen LogP contribution >= 0.6 is 44.7 Å². The summed E-state index contributed by atoms with van der Waals surface area (Å²) in [5.41, 5.74) is 0. The van der Waals surface area contributed by atoms with Crippen LogP contribution in [0.25, 0.3) is 0 Å². The molecule has 0 aliphatic carbocycles. The Morgan fingerprint density at radius 2 is 1.20 bits per heavy atom. The highest BCUT2D eigenvalue weighted by Crippen LogP contribution is 2.23. The zero-order valence-corrected chi connectivity index (χ0v) is 14.4. The van der Waals surface area contributed by atoms with Crippen molar-refractivity contribution in [1.82, 2.24) is 0 Å². The fraction of sp³-hybridized carbons (Fsp3) is 1.00. The van der Waals surface area contributed by atoms with Gasteiger partial charge in [-0.1, -0.05) is 67.5 Å². The third-order valence-electron chi connectivity index (χ3n) is 2.50. The molecule has 0 aromatic heterocycles. The second kappa shape index (κ2) is 10.7. The third kappa shape index (κ3) is 15.5. The zero-order valence-electron chi connectivity index (χ0n) is 9.70. The van der Waals surface area contributed by atoms with Gasteiger partial charge < -0.3 is 0 Å². The van der Waals surface area contributed by atoms with Gasteiger partial charge in [-0.3, -0.25) is 0 Å². The highest BCUT2D eigenvalue weighted by atomic mass is 127. The fourth-order valence-corrected chi connectivity index (χ4v) is 3.80. The van der Waals surface area contributed by atoms with E-state index in [0.29, 0.717) is 0 Å². The first kappa shape index (κ1) is 16.5. The maximum absolute atomic E-state index is 6.03. The van der Waals surface area contributed by atoms with Crippen LogP contribution in [0.4, 0.5) is 0 Å². The molecule has 0 aromatic rings. The highest BCUT2D eigenvalue weighted by molar-refractivity contribution is 14.1. The number of hydrogen-bond acceptors (Lipinski definition) is 0. The quantitative estimate of drug-likeness (QED) is 0.141. The van der Waals surface area contributed by atoms with Crippen molar-refractivity contribution >= 4 is 51.4 Å². The Morgan fingerprint density at radius 3 is 1.60 bits per heavy atom. The molecule has 0 saturated heterocycles. The molecule has 92 valence electrons. The van der Waals surface area contributed by atoms with Gasteiger partial charge in [0.15, 0.2) is 0 Å². The van der Waals surface area contributed by atoms with Crippen molar-refractivity contribution in [1.29, 1.82) is 0 Å². The van der Waals surface area contributed by atoms with E-state index in [-0.39, 0.29) is 0 Å². The molecular formula is C11H23Cl2ISi. The Kier molecular flexibility index (Phi) is 11.8. The Hall–Kier alpha value is 1.53. The molecule has 0 aliphatic heterocycles. The lowest BCUT2D eigenvalue weighted by molar-refractivity contribution is 0.587. The molecule has 4 heteroatoms. The number of rotatable bonds is 10. The van der Waals surface area contributed by atoms with Crippen molar-refractivity contribution in [2.24, 2.45) is 0 Å². The minimum absolute atomic E-state index is 1.06. The predicted molar refractivity (Wildman–Crippen MR) is 84.0 cm³/mol. The molecule has 0 amide bonds. The van der Waals surface area contributed by atoms with Crippen LogP contribution in [0.2, 0.25) is 12.6 Å². The average molecular weight is 381 g/mol. The number of unbranched alkanes of at least 4 members (excludes halogenated alkanes) is 7. The first-order chi connectivity index (χ1) is 7.06. The first-order valence-electron chi connectivity index (χ1n) is 6.00. The van der Waals surface area contributed by atoms with Crippen molar-refractivity contribution in [3.8, 4) is 0 Å². The summed E-state index contributed by atoms with van der Waals surface area (Å²) in [6.45, 7) is 0.214. The first-order valence-corrected chi connectivity index (χ1v) is 12.3. The lowest BCUT2D eigenvalue weighted by Gasteiger charge is -2.08. The Balaban J connectivity index is 2.99. The van der Waals surface area contributed by atoms with Crippen molar-refractivity contribution in [2.75, 3.05) is 4.43 Å². The van der Waals surface area contributed by atoms with E-state index in [0.717, 1.165) is 6.04 Å². The van der Waals surface area contributed by atoms with Gasteiger partial charge in [0.25, 0.3) is 0 Å². The number of hydrogen-bond donors (Lipinski definition) is 0. The Morgan fingerprint density at radius 1 is 0.800 bits per heavy atom. The SMILES string of the molecule is C[Si](Cl)(Cl)CCCCCCCCCCI. The fourth-order valence-electron chi connectivity index (χ4n) is 1.59.